The van der Waals surface area contributed by atoms with Gasteiger partial charge in [-0.15, -0.1) is 0 Å². The molecule has 0 atom stereocenters. The molecule has 8 nitrogen and oxygen atoms in total. The molecule has 0 aliphatic carbocycles. The maximum absolute atomic E-state index is 12.4. The lowest BCUT2D eigenvalue weighted by atomic mass is 10.3. The Balaban J connectivity index is 2.10. The van der Waals surface area contributed by atoms with Crippen LogP contribution in [0.15, 0.2) is 35.2 Å². The summed E-state index contributed by atoms with van der Waals surface area (Å²) in [7, 11) is -3.82. The van der Waals surface area contributed by atoms with Gasteiger partial charge in [-0.25, -0.2) is 23.1 Å². The third-order valence-electron chi connectivity index (χ3n) is 3.09. The molecule has 25 heavy (non-hydrogen) atoms. The van der Waals surface area contributed by atoms with Gasteiger partial charge in [-0.2, -0.15) is 0 Å². The number of nitrogens with one attached hydrogen (secondary N) is 2. The van der Waals surface area contributed by atoms with E-state index in [2.05, 4.69) is 20.0 Å². The number of hydrogen-bond donors (Lipinski definition) is 2. The number of hydrogen-bond acceptors (Lipinski definition) is 6. The molecule has 0 bridgehead atoms. The van der Waals surface area contributed by atoms with Crippen LogP contribution in [-0.4, -0.2) is 37.5 Å². The van der Waals surface area contributed by atoms with Crippen molar-refractivity contribution >= 4 is 27.6 Å². The van der Waals surface area contributed by atoms with Gasteiger partial charge >= 0.3 is 0 Å². The van der Waals surface area contributed by atoms with Crippen LogP contribution in [0.25, 0.3) is 0 Å². The number of ether oxygens (including phenoxy) is 1. The molecule has 0 saturated carbocycles. The van der Waals surface area contributed by atoms with Crippen molar-refractivity contribution in [2.24, 2.45) is 0 Å². The van der Waals surface area contributed by atoms with Gasteiger partial charge in [0.2, 0.25) is 11.9 Å². The van der Waals surface area contributed by atoms with Gasteiger partial charge in [-0.05, 0) is 51.1 Å². The van der Waals surface area contributed by atoms with E-state index in [1.54, 1.807) is 26.8 Å². The lowest BCUT2D eigenvalue weighted by Gasteiger charge is -2.09. The van der Waals surface area contributed by atoms with Gasteiger partial charge in [0, 0.05) is 23.7 Å². The first-order valence-electron chi connectivity index (χ1n) is 7.63. The van der Waals surface area contributed by atoms with Crippen molar-refractivity contribution in [2.75, 3.05) is 23.3 Å². The highest BCUT2D eigenvalue weighted by atomic mass is 32.2. The van der Waals surface area contributed by atoms with Crippen LogP contribution < -0.4 is 10.0 Å². The minimum absolute atomic E-state index is 0.0200. The summed E-state index contributed by atoms with van der Waals surface area (Å²) in [4.78, 5) is 19.7. The molecule has 0 aliphatic rings. The molecule has 1 amide bonds. The van der Waals surface area contributed by atoms with E-state index in [4.69, 9.17) is 4.74 Å². The molecule has 0 saturated heterocycles. The summed E-state index contributed by atoms with van der Waals surface area (Å²) in [6, 6.07) is 7.53. The van der Waals surface area contributed by atoms with Crippen LogP contribution in [0.2, 0.25) is 0 Å². The van der Waals surface area contributed by atoms with Gasteiger partial charge < -0.3 is 10.1 Å². The predicted octanol–water partition coefficient (Wildman–Crippen LogP) is 1.87. The van der Waals surface area contributed by atoms with Gasteiger partial charge in [-0.3, -0.25) is 4.79 Å². The Kier molecular flexibility index (Phi) is 6.05. The topological polar surface area (TPSA) is 110 Å². The average Bonchev–Trinajstić information content (AvgIpc) is 2.52. The molecule has 1 heterocycles. The number of carbonyl (C=O) groups is 1. The quantitative estimate of drug-likeness (QED) is 0.776. The number of nitrogens with zero attached hydrogens (tertiary/aromatic N) is 2. The van der Waals surface area contributed by atoms with Crippen molar-refractivity contribution in [3.63, 3.8) is 0 Å². The molecule has 2 aromatic rings. The van der Waals surface area contributed by atoms with Crippen LogP contribution in [-0.2, 0) is 19.6 Å². The van der Waals surface area contributed by atoms with E-state index in [0.29, 0.717) is 23.7 Å². The van der Waals surface area contributed by atoms with Crippen LogP contribution in [0, 0.1) is 13.8 Å². The van der Waals surface area contributed by atoms with E-state index < -0.39 is 10.0 Å². The third kappa shape index (κ3) is 5.50. The highest BCUT2D eigenvalue weighted by Crippen LogP contribution is 2.17. The number of sulfonamides is 1. The monoisotopic (exact) mass is 364 g/mol. The standard InChI is InChI=1S/C16H20N4O4S/c1-4-24-10-15(21)19-13-5-7-14(8-6-13)25(22,23)20-16-17-11(2)9-12(3)18-16/h5-9H,4,10H2,1-3H3,(H,19,21)(H,17,18,20). The summed E-state index contributed by atoms with van der Waals surface area (Å²) in [5.74, 6) is -0.286. The molecule has 0 spiro atoms. The SMILES string of the molecule is CCOCC(=O)Nc1ccc(S(=O)(=O)Nc2nc(C)cc(C)n2)cc1. The number of rotatable bonds is 7. The fourth-order valence-corrected chi connectivity index (χ4v) is 3.00. The summed E-state index contributed by atoms with van der Waals surface area (Å²) in [6.07, 6.45) is 0. The number of aryl methyl sites for hydroxylation is 2. The molecule has 2 N–H and O–H groups in total. The van der Waals surface area contributed by atoms with Crippen molar-refractivity contribution in [3.8, 4) is 0 Å². The van der Waals surface area contributed by atoms with Crippen LogP contribution >= 0.6 is 0 Å². The summed E-state index contributed by atoms with van der Waals surface area (Å²) >= 11 is 0. The summed E-state index contributed by atoms with van der Waals surface area (Å²) in [5, 5.41) is 2.62. The van der Waals surface area contributed by atoms with E-state index >= 15 is 0 Å². The number of anilines is 2. The molecule has 0 aliphatic heterocycles. The Labute approximate surface area is 146 Å². The van der Waals surface area contributed by atoms with E-state index in [9.17, 15) is 13.2 Å². The molecular weight excluding hydrogens is 344 g/mol. The Hall–Kier alpha value is -2.52. The Morgan fingerprint density at radius 3 is 2.28 bits per heavy atom. The van der Waals surface area contributed by atoms with E-state index in [0.717, 1.165) is 0 Å². The first-order valence-corrected chi connectivity index (χ1v) is 9.11. The number of amides is 1. The van der Waals surface area contributed by atoms with Gasteiger partial charge in [0.15, 0.2) is 0 Å². The summed E-state index contributed by atoms with van der Waals surface area (Å²) in [5.41, 5.74) is 1.81. The Morgan fingerprint density at radius 2 is 1.72 bits per heavy atom. The summed E-state index contributed by atoms with van der Waals surface area (Å²) in [6.45, 7) is 5.69. The second-order valence-corrected chi connectivity index (χ2v) is 6.97. The fourth-order valence-electron chi connectivity index (χ4n) is 2.06. The molecular formula is C16H20N4O4S. The van der Waals surface area contributed by atoms with Gasteiger partial charge in [0.1, 0.15) is 6.61 Å². The molecule has 9 heteroatoms. The van der Waals surface area contributed by atoms with Gasteiger partial charge in [0.05, 0.1) is 4.90 Å². The normalized spacial score (nSPS) is 11.2. The summed E-state index contributed by atoms with van der Waals surface area (Å²) < 4.78 is 32.1. The number of aromatic nitrogens is 2. The minimum Gasteiger partial charge on any atom is -0.372 e. The van der Waals surface area contributed by atoms with Crippen LogP contribution in [0.4, 0.5) is 11.6 Å². The predicted molar refractivity (Wildman–Crippen MR) is 93.9 cm³/mol. The van der Waals surface area contributed by atoms with Crippen molar-refractivity contribution in [1.82, 2.24) is 9.97 Å². The lowest BCUT2D eigenvalue weighted by molar-refractivity contribution is -0.120. The number of benzene rings is 1. The molecule has 1 aromatic heterocycles. The van der Waals surface area contributed by atoms with Crippen molar-refractivity contribution in [1.29, 1.82) is 0 Å². The maximum Gasteiger partial charge on any atom is 0.264 e. The first-order chi connectivity index (χ1) is 11.8. The lowest BCUT2D eigenvalue weighted by Crippen LogP contribution is -2.18. The van der Waals surface area contributed by atoms with Crippen molar-refractivity contribution in [3.05, 3.63) is 41.7 Å². The second kappa shape index (κ2) is 8.04. The molecule has 0 fully saturated rings. The zero-order valence-electron chi connectivity index (χ0n) is 14.2. The Bertz CT molecular complexity index is 831. The molecule has 0 unspecified atom stereocenters. The van der Waals surface area contributed by atoms with Crippen molar-refractivity contribution in [2.45, 2.75) is 25.7 Å². The van der Waals surface area contributed by atoms with E-state index in [1.165, 1.54) is 24.3 Å². The average molecular weight is 364 g/mol. The van der Waals surface area contributed by atoms with Crippen LogP contribution in [0.1, 0.15) is 18.3 Å². The van der Waals surface area contributed by atoms with Gasteiger partial charge in [0.25, 0.3) is 10.0 Å². The highest BCUT2D eigenvalue weighted by molar-refractivity contribution is 7.92. The third-order valence-corrected chi connectivity index (χ3v) is 4.44. The van der Waals surface area contributed by atoms with Crippen LogP contribution in [0.3, 0.4) is 0 Å². The number of carbonyl (C=O) groups excluding carboxylic acids is 1. The first kappa shape index (κ1) is 18.8. The van der Waals surface area contributed by atoms with E-state index in [-0.39, 0.29) is 23.4 Å². The molecule has 134 valence electrons. The maximum atomic E-state index is 12.4. The van der Waals surface area contributed by atoms with Crippen molar-refractivity contribution < 1.29 is 17.9 Å². The smallest absolute Gasteiger partial charge is 0.264 e. The fraction of sp³-hybridized carbons (Fsp3) is 0.312. The molecule has 0 radical (unpaired) electrons. The second-order valence-electron chi connectivity index (χ2n) is 5.29. The molecule has 1 aromatic carbocycles. The zero-order chi connectivity index (χ0) is 18.4. The minimum atomic E-state index is -3.82. The van der Waals surface area contributed by atoms with Crippen LogP contribution in [0.5, 0.6) is 0 Å². The molecule has 2 rings (SSSR count). The largest absolute Gasteiger partial charge is 0.372 e. The Morgan fingerprint density at radius 1 is 1.12 bits per heavy atom. The zero-order valence-corrected chi connectivity index (χ0v) is 15.1. The van der Waals surface area contributed by atoms with Gasteiger partial charge in [-0.1, -0.05) is 0 Å². The highest BCUT2D eigenvalue weighted by Gasteiger charge is 2.16. The van der Waals surface area contributed by atoms with E-state index in [1.807, 2.05) is 0 Å².